The molecule has 122 valence electrons. The number of rotatable bonds is 4. The zero-order valence-electron chi connectivity index (χ0n) is 13.2. The van der Waals surface area contributed by atoms with Crippen molar-refractivity contribution in [2.45, 2.75) is 18.9 Å². The van der Waals surface area contributed by atoms with Crippen LogP contribution >= 0.6 is 12.4 Å². The van der Waals surface area contributed by atoms with Crippen molar-refractivity contribution in [2.75, 3.05) is 14.2 Å². The van der Waals surface area contributed by atoms with Crippen molar-refractivity contribution in [3.63, 3.8) is 0 Å². The summed E-state index contributed by atoms with van der Waals surface area (Å²) in [6.07, 6.45) is 1.52. The van der Waals surface area contributed by atoms with Crippen molar-refractivity contribution >= 4 is 18.3 Å². The Kier molecular flexibility index (Phi) is 5.50. The number of amides is 1. The first kappa shape index (κ1) is 17.2. The molecular formula is C18H20ClNO3. The molecule has 0 atom stereocenters. The Morgan fingerprint density at radius 2 is 1.48 bits per heavy atom. The maximum Gasteiger partial charge on any atom is 0.251 e. The molecule has 0 saturated carbocycles. The Hall–Kier alpha value is -2.20. The molecule has 0 fully saturated rings. The molecule has 4 nitrogen and oxygen atoms in total. The van der Waals surface area contributed by atoms with Gasteiger partial charge in [-0.3, -0.25) is 4.79 Å². The van der Waals surface area contributed by atoms with Crippen LogP contribution in [0.2, 0.25) is 0 Å². The fourth-order valence-electron chi connectivity index (χ4n) is 3.01. The molecule has 1 N–H and O–H groups in total. The van der Waals surface area contributed by atoms with Gasteiger partial charge in [-0.15, -0.1) is 12.4 Å². The highest BCUT2D eigenvalue weighted by Gasteiger charge is 2.28. The number of carbonyl (C=O) groups is 1. The molecule has 23 heavy (non-hydrogen) atoms. The van der Waals surface area contributed by atoms with Crippen LogP contribution in [0.5, 0.6) is 11.5 Å². The standard InChI is InChI=1S/C18H19NO3.ClH/c1-21-16-8-9-17(22-2)15-11-13(10-14(15)16)19-18(20)12-6-4-3-5-7-12;/h3-9,13H,10-11H2,1-2H3,(H,19,20);1H. The van der Waals surface area contributed by atoms with E-state index in [1.807, 2.05) is 42.5 Å². The van der Waals surface area contributed by atoms with Crippen molar-refractivity contribution in [3.05, 3.63) is 59.2 Å². The zero-order chi connectivity index (χ0) is 15.5. The van der Waals surface area contributed by atoms with E-state index in [-0.39, 0.29) is 24.4 Å². The summed E-state index contributed by atoms with van der Waals surface area (Å²) in [5.41, 5.74) is 2.93. The van der Waals surface area contributed by atoms with E-state index >= 15 is 0 Å². The lowest BCUT2D eigenvalue weighted by molar-refractivity contribution is 0.0938. The molecule has 0 unspecified atom stereocenters. The summed E-state index contributed by atoms with van der Waals surface area (Å²) in [4.78, 5) is 12.3. The number of fused-ring (bicyclic) bond motifs is 1. The molecule has 5 heteroatoms. The number of nitrogens with one attached hydrogen (secondary N) is 1. The van der Waals surface area contributed by atoms with Crippen LogP contribution in [0.1, 0.15) is 21.5 Å². The summed E-state index contributed by atoms with van der Waals surface area (Å²) in [6.45, 7) is 0. The van der Waals surface area contributed by atoms with E-state index in [1.165, 1.54) is 0 Å². The lowest BCUT2D eigenvalue weighted by atomic mass is 10.1. The van der Waals surface area contributed by atoms with E-state index in [0.29, 0.717) is 5.56 Å². The monoisotopic (exact) mass is 333 g/mol. The molecule has 1 aliphatic rings. The minimum absolute atomic E-state index is 0. The maximum atomic E-state index is 12.3. The van der Waals surface area contributed by atoms with Crippen LogP contribution in [0, 0.1) is 0 Å². The predicted molar refractivity (Wildman–Crippen MR) is 91.9 cm³/mol. The quantitative estimate of drug-likeness (QED) is 0.935. The fourth-order valence-corrected chi connectivity index (χ4v) is 3.01. The topological polar surface area (TPSA) is 47.6 Å². The largest absolute Gasteiger partial charge is 0.496 e. The van der Waals surface area contributed by atoms with Gasteiger partial charge in [-0.25, -0.2) is 0 Å². The van der Waals surface area contributed by atoms with Gasteiger partial charge < -0.3 is 14.8 Å². The van der Waals surface area contributed by atoms with Gasteiger partial charge in [0.25, 0.3) is 5.91 Å². The van der Waals surface area contributed by atoms with Crippen molar-refractivity contribution in [1.29, 1.82) is 0 Å². The summed E-state index contributed by atoms with van der Waals surface area (Å²) < 4.78 is 10.9. The SMILES string of the molecule is COc1ccc(OC)c2c1CC(NC(=O)c1ccccc1)C2.Cl. The van der Waals surface area contributed by atoms with Crippen LogP contribution in [-0.2, 0) is 12.8 Å². The van der Waals surface area contributed by atoms with Crippen molar-refractivity contribution in [2.24, 2.45) is 0 Å². The normalized spacial score (nSPS) is 13.0. The number of hydrogen-bond donors (Lipinski definition) is 1. The molecule has 0 radical (unpaired) electrons. The number of hydrogen-bond acceptors (Lipinski definition) is 3. The molecule has 1 aliphatic carbocycles. The molecule has 0 bridgehead atoms. The van der Waals surface area contributed by atoms with Crippen molar-refractivity contribution < 1.29 is 14.3 Å². The van der Waals surface area contributed by atoms with Gasteiger partial charge in [0.2, 0.25) is 0 Å². The van der Waals surface area contributed by atoms with Gasteiger partial charge in [0.15, 0.2) is 0 Å². The van der Waals surface area contributed by atoms with Crippen LogP contribution in [0.4, 0.5) is 0 Å². The van der Waals surface area contributed by atoms with Crippen LogP contribution in [0.15, 0.2) is 42.5 Å². The van der Waals surface area contributed by atoms with Gasteiger partial charge in [-0.1, -0.05) is 18.2 Å². The average molecular weight is 334 g/mol. The van der Waals surface area contributed by atoms with Gasteiger partial charge in [-0.2, -0.15) is 0 Å². The number of methoxy groups -OCH3 is 2. The van der Waals surface area contributed by atoms with E-state index in [0.717, 1.165) is 35.5 Å². The number of benzene rings is 2. The highest BCUT2D eigenvalue weighted by Crippen LogP contribution is 2.37. The van der Waals surface area contributed by atoms with Gasteiger partial charge in [-0.05, 0) is 37.1 Å². The lowest BCUT2D eigenvalue weighted by Crippen LogP contribution is -2.35. The minimum Gasteiger partial charge on any atom is -0.496 e. The molecule has 0 heterocycles. The van der Waals surface area contributed by atoms with E-state index in [9.17, 15) is 4.79 Å². The molecule has 1 amide bonds. The van der Waals surface area contributed by atoms with Crippen LogP contribution < -0.4 is 14.8 Å². The lowest BCUT2D eigenvalue weighted by Gasteiger charge is -2.12. The van der Waals surface area contributed by atoms with Gasteiger partial charge in [0.05, 0.1) is 14.2 Å². The van der Waals surface area contributed by atoms with E-state index in [1.54, 1.807) is 14.2 Å². The second-order valence-corrected chi connectivity index (χ2v) is 5.37. The Labute approximate surface area is 142 Å². The minimum atomic E-state index is -0.0451. The summed E-state index contributed by atoms with van der Waals surface area (Å²) in [5.74, 6) is 1.66. The van der Waals surface area contributed by atoms with E-state index in [2.05, 4.69) is 5.32 Å². The maximum absolute atomic E-state index is 12.3. The molecule has 0 spiro atoms. The summed E-state index contributed by atoms with van der Waals surface area (Å²) in [6, 6.07) is 13.2. The fraction of sp³-hybridized carbons (Fsp3) is 0.278. The van der Waals surface area contributed by atoms with Gasteiger partial charge >= 0.3 is 0 Å². The van der Waals surface area contributed by atoms with Crippen molar-refractivity contribution in [3.8, 4) is 11.5 Å². The highest BCUT2D eigenvalue weighted by molar-refractivity contribution is 5.94. The first-order valence-electron chi connectivity index (χ1n) is 7.31. The molecule has 0 aliphatic heterocycles. The van der Waals surface area contributed by atoms with Crippen LogP contribution in [0.3, 0.4) is 0 Å². The summed E-state index contributed by atoms with van der Waals surface area (Å²) in [7, 11) is 3.33. The molecule has 0 saturated heterocycles. The predicted octanol–water partition coefficient (Wildman–Crippen LogP) is 3.02. The smallest absolute Gasteiger partial charge is 0.251 e. The first-order chi connectivity index (χ1) is 10.7. The first-order valence-corrected chi connectivity index (χ1v) is 7.31. The van der Waals surface area contributed by atoms with Crippen molar-refractivity contribution in [1.82, 2.24) is 5.32 Å². The molecule has 3 rings (SSSR count). The second-order valence-electron chi connectivity index (χ2n) is 5.37. The Morgan fingerprint density at radius 3 is 1.96 bits per heavy atom. The number of carbonyl (C=O) groups excluding carboxylic acids is 1. The third-order valence-corrected chi connectivity index (χ3v) is 4.06. The number of ether oxygens (including phenoxy) is 2. The van der Waals surface area contributed by atoms with Crippen LogP contribution in [0.25, 0.3) is 0 Å². The third-order valence-electron chi connectivity index (χ3n) is 4.06. The molecule has 2 aromatic rings. The van der Waals surface area contributed by atoms with E-state index in [4.69, 9.17) is 9.47 Å². The summed E-state index contributed by atoms with van der Waals surface area (Å²) >= 11 is 0. The molecule has 2 aromatic carbocycles. The Balaban J connectivity index is 0.00000192. The van der Waals surface area contributed by atoms with Gasteiger partial charge in [0.1, 0.15) is 11.5 Å². The average Bonchev–Trinajstić information content (AvgIpc) is 2.98. The third kappa shape index (κ3) is 3.42. The van der Waals surface area contributed by atoms with Gasteiger partial charge in [0, 0.05) is 22.7 Å². The number of halogens is 1. The van der Waals surface area contributed by atoms with Crippen LogP contribution in [-0.4, -0.2) is 26.2 Å². The highest BCUT2D eigenvalue weighted by atomic mass is 35.5. The van der Waals surface area contributed by atoms with E-state index < -0.39 is 0 Å². The zero-order valence-corrected chi connectivity index (χ0v) is 14.0. The Bertz CT molecular complexity index is 655. The Morgan fingerprint density at radius 1 is 0.957 bits per heavy atom. The summed E-state index contributed by atoms with van der Waals surface area (Å²) in [5, 5.41) is 3.09. The second kappa shape index (κ2) is 7.38. The molecule has 0 aromatic heterocycles. The molecular weight excluding hydrogens is 314 g/mol.